The van der Waals surface area contributed by atoms with Gasteiger partial charge in [0.1, 0.15) is 6.33 Å². The molecule has 1 heterocycles. The van der Waals surface area contributed by atoms with Crippen LogP contribution < -0.4 is 5.32 Å². The number of amides is 1. The number of tetrazole rings is 1. The Morgan fingerprint density at radius 1 is 1.17 bits per heavy atom. The number of nitrogens with one attached hydrogen (secondary N) is 1. The van der Waals surface area contributed by atoms with Gasteiger partial charge < -0.3 is 5.32 Å². The number of para-hydroxylation sites is 1. The molecule has 0 saturated carbocycles. The van der Waals surface area contributed by atoms with Crippen molar-refractivity contribution in [3.05, 3.63) is 71.5 Å². The van der Waals surface area contributed by atoms with Crippen LogP contribution in [-0.2, 0) is 6.42 Å². The van der Waals surface area contributed by atoms with E-state index in [1.165, 1.54) is 16.6 Å². The van der Waals surface area contributed by atoms with E-state index in [2.05, 4.69) is 52.0 Å². The molecular weight excluding hydrogens is 302 g/mol. The van der Waals surface area contributed by atoms with E-state index >= 15 is 0 Å². The molecule has 0 bridgehead atoms. The third-order valence-electron chi connectivity index (χ3n) is 3.98. The van der Waals surface area contributed by atoms with Crippen LogP contribution in [0.4, 0.5) is 0 Å². The van der Waals surface area contributed by atoms with Crippen molar-refractivity contribution in [2.75, 3.05) is 0 Å². The smallest absolute Gasteiger partial charge is 0.253 e. The monoisotopic (exact) mass is 321 g/mol. The average Bonchev–Trinajstić information content (AvgIpc) is 3.16. The van der Waals surface area contributed by atoms with Crippen LogP contribution >= 0.6 is 0 Å². The van der Waals surface area contributed by atoms with Crippen LogP contribution in [-0.4, -0.2) is 26.1 Å². The molecule has 0 fully saturated rings. The van der Waals surface area contributed by atoms with Crippen LogP contribution in [0.2, 0.25) is 0 Å². The average molecular weight is 321 g/mol. The minimum atomic E-state index is -0.159. The highest BCUT2D eigenvalue weighted by Crippen LogP contribution is 2.17. The number of carbonyl (C=O) groups excluding carboxylic acids is 1. The van der Waals surface area contributed by atoms with Crippen LogP contribution in [0.3, 0.4) is 0 Å². The lowest BCUT2D eigenvalue weighted by Gasteiger charge is -2.16. The fraction of sp³-hybridized carbons (Fsp3) is 0.222. The van der Waals surface area contributed by atoms with Crippen molar-refractivity contribution in [3.63, 3.8) is 0 Å². The highest BCUT2D eigenvalue weighted by atomic mass is 16.1. The maximum absolute atomic E-state index is 12.7. The second-order valence-corrected chi connectivity index (χ2v) is 5.56. The third-order valence-corrected chi connectivity index (χ3v) is 3.98. The van der Waals surface area contributed by atoms with E-state index in [0.29, 0.717) is 11.3 Å². The molecule has 1 N–H and O–H groups in total. The van der Waals surface area contributed by atoms with Gasteiger partial charge in [-0.25, -0.2) is 0 Å². The Hall–Kier alpha value is -3.02. The number of hydrogen-bond acceptors (Lipinski definition) is 4. The molecule has 1 amide bonds. The van der Waals surface area contributed by atoms with Crippen molar-refractivity contribution >= 4 is 5.91 Å². The van der Waals surface area contributed by atoms with Crippen molar-refractivity contribution in [3.8, 4) is 5.69 Å². The summed E-state index contributed by atoms with van der Waals surface area (Å²) in [5, 5.41) is 14.1. The minimum Gasteiger partial charge on any atom is -0.345 e. The van der Waals surface area contributed by atoms with Crippen molar-refractivity contribution < 1.29 is 4.79 Å². The number of nitrogens with zero attached hydrogens (tertiary/aromatic N) is 4. The van der Waals surface area contributed by atoms with Crippen molar-refractivity contribution in [1.82, 2.24) is 25.5 Å². The Bertz CT molecular complexity index is 812. The maximum Gasteiger partial charge on any atom is 0.253 e. The summed E-state index contributed by atoms with van der Waals surface area (Å²) < 4.78 is 1.48. The van der Waals surface area contributed by atoms with Crippen LogP contribution in [0.5, 0.6) is 0 Å². The summed E-state index contributed by atoms with van der Waals surface area (Å²) in [5.74, 6) is -0.159. The summed E-state index contributed by atoms with van der Waals surface area (Å²) >= 11 is 0. The van der Waals surface area contributed by atoms with Gasteiger partial charge in [0.25, 0.3) is 5.91 Å². The Labute approximate surface area is 140 Å². The van der Waals surface area contributed by atoms with Gasteiger partial charge in [-0.2, -0.15) is 4.68 Å². The first-order chi connectivity index (χ1) is 11.7. The molecule has 1 atom stereocenters. The summed E-state index contributed by atoms with van der Waals surface area (Å²) in [6.07, 6.45) is 2.47. The fourth-order valence-electron chi connectivity index (χ4n) is 2.54. The topological polar surface area (TPSA) is 72.7 Å². The summed E-state index contributed by atoms with van der Waals surface area (Å²) in [6.45, 7) is 4.09. The zero-order valence-electron chi connectivity index (χ0n) is 13.7. The van der Waals surface area contributed by atoms with Crippen LogP contribution in [0.1, 0.15) is 41.4 Å². The number of carbonyl (C=O) groups is 1. The SMILES string of the molecule is CCc1ccc(C(C)NC(=O)c2ccccc2-n2cnnn2)cc1. The Kier molecular flexibility index (Phi) is 4.65. The number of rotatable bonds is 5. The van der Waals surface area contributed by atoms with Crippen LogP contribution in [0.25, 0.3) is 5.69 Å². The van der Waals surface area contributed by atoms with Gasteiger partial charge in [-0.1, -0.05) is 43.3 Å². The van der Waals surface area contributed by atoms with Gasteiger partial charge in [0.15, 0.2) is 0 Å². The normalized spacial score (nSPS) is 11.9. The van der Waals surface area contributed by atoms with E-state index in [-0.39, 0.29) is 11.9 Å². The second kappa shape index (κ2) is 7.04. The van der Waals surface area contributed by atoms with E-state index < -0.39 is 0 Å². The van der Waals surface area contributed by atoms with Crippen molar-refractivity contribution in [2.45, 2.75) is 26.3 Å². The predicted molar refractivity (Wildman–Crippen MR) is 90.9 cm³/mol. The lowest BCUT2D eigenvalue weighted by atomic mass is 10.0. The van der Waals surface area contributed by atoms with Crippen LogP contribution in [0.15, 0.2) is 54.9 Å². The van der Waals surface area contributed by atoms with Gasteiger partial charge >= 0.3 is 0 Å². The Morgan fingerprint density at radius 2 is 1.92 bits per heavy atom. The minimum absolute atomic E-state index is 0.0923. The first kappa shape index (κ1) is 15.9. The molecule has 122 valence electrons. The van der Waals surface area contributed by atoms with Crippen molar-refractivity contribution in [2.24, 2.45) is 0 Å². The molecule has 24 heavy (non-hydrogen) atoms. The molecule has 1 aromatic heterocycles. The lowest BCUT2D eigenvalue weighted by molar-refractivity contribution is 0.0939. The molecule has 0 aliphatic heterocycles. The van der Waals surface area contributed by atoms with E-state index in [9.17, 15) is 4.79 Å². The van der Waals surface area contributed by atoms with Gasteiger partial charge in [-0.05, 0) is 47.0 Å². The van der Waals surface area contributed by atoms with E-state index in [1.807, 2.05) is 25.1 Å². The zero-order chi connectivity index (χ0) is 16.9. The molecule has 1 unspecified atom stereocenters. The standard InChI is InChI=1S/C18H19N5O/c1-3-14-8-10-15(11-9-14)13(2)20-18(24)16-6-4-5-7-17(16)23-12-19-21-22-23/h4-13H,3H2,1-2H3,(H,20,24). The summed E-state index contributed by atoms with van der Waals surface area (Å²) in [7, 11) is 0. The zero-order valence-corrected chi connectivity index (χ0v) is 13.7. The van der Waals surface area contributed by atoms with Crippen molar-refractivity contribution in [1.29, 1.82) is 0 Å². The summed E-state index contributed by atoms with van der Waals surface area (Å²) in [6, 6.07) is 15.4. The van der Waals surface area contributed by atoms with E-state index in [1.54, 1.807) is 6.07 Å². The van der Waals surface area contributed by atoms with Gasteiger partial charge in [-0.15, -0.1) is 5.10 Å². The van der Waals surface area contributed by atoms with Crippen LogP contribution in [0, 0.1) is 0 Å². The largest absolute Gasteiger partial charge is 0.345 e. The number of hydrogen-bond donors (Lipinski definition) is 1. The van der Waals surface area contributed by atoms with Gasteiger partial charge in [0.05, 0.1) is 17.3 Å². The lowest BCUT2D eigenvalue weighted by Crippen LogP contribution is -2.27. The van der Waals surface area contributed by atoms with Gasteiger partial charge in [0.2, 0.25) is 0 Å². The second-order valence-electron chi connectivity index (χ2n) is 5.56. The molecule has 0 radical (unpaired) electrons. The van der Waals surface area contributed by atoms with E-state index in [0.717, 1.165) is 12.0 Å². The highest BCUT2D eigenvalue weighted by Gasteiger charge is 2.16. The highest BCUT2D eigenvalue weighted by molar-refractivity contribution is 5.97. The molecule has 6 nitrogen and oxygen atoms in total. The summed E-state index contributed by atoms with van der Waals surface area (Å²) in [5.41, 5.74) is 3.53. The molecule has 3 aromatic rings. The maximum atomic E-state index is 12.7. The number of aryl methyl sites for hydroxylation is 1. The first-order valence-corrected chi connectivity index (χ1v) is 7.91. The molecule has 0 saturated heterocycles. The van der Waals surface area contributed by atoms with E-state index in [4.69, 9.17) is 0 Å². The fourth-order valence-corrected chi connectivity index (χ4v) is 2.54. The quantitative estimate of drug-likeness (QED) is 0.784. The molecular formula is C18H19N5O. The first-order valence-electron chi connectivity index (χ1n) is 7.91. The predicted octanol–water partition coefficient (Wildman–Crippen LogP) is 2.72. The number of aromatic nitrogens is 4. The molecule has 0 aliphatic carbocycles. The number of benzene rings is 2. The Morgan fingerprint density at radius 3 is 2.58 bits per heavy atom. The molecule has 3 rings (SSSR count). The Balaban J connectivity index is 1.80. The molecule has 0 aliphatic rings. The molecule has 2 aromatic carbocycles. The third kappa shape index (κ3) is 3.32. The summed E-state index contributed by atoms with van der Waals surface area (Å²) in [4.78, 5) is 12.7. The van der Waals surface area contributed by atoms with Gasteiger partial charge in [0, 0.05) is 0 Å². The molecule has 0 spiro atoms. The molecule has 6 heteroatoms. The van der Waals surface area contributed by atoms with Gasteiger partial charge in [-0.3, -0.25) is 4.79 Å².